The molecule has 2 aliphatic rings. The molecule has 2 aliphatic heterocycles. The first-order valence-corrected chi connectivity index (χ1v) is 10.4. The molecule has 2 aromatic heterocycles. The molecule has 1 atom stereocenters. The van der Waals surface area contributed by atoms with Gasteiger partial charge >= 0.3 is 0 Å². The van der Waals surface area contributed by atoms with Gasteiger partial charge in [0.25, 0.3) is 0 Å². The molecule has 1 spiro atoms. The highest BCUT2D eigenvalue weighted by Gasteiger charge is 2.42. The van der Waals surface area contributed by atoms with Crippen LogP contribution in [0.25, 0.3) is 0 Å². The number of hydrogen-bond acceptors (Lipinski definition) is 5. The molecule has 2 fully saturated rings. The Labute approximate surface area is 167 Å². The summed E-state index contributed by atoms with van der Waals surface area (Å²) < 4.78 is 0. The van der Waals surface area contributed by atoms with Gasteiger partial charge in [0.2, 0.25) is 5.91 Å². The molecule has 0 bridgehead atoms. The van der Waals surface area contributed by atoms with E-state index in [9.17, 15) is 4.79 Å². The van der Waals surface area contributed by atoms with Gasteiger partial charge in [-0.2, -0.15) is 0 Å². The summed E-state index contributed by atoms with van der Waals surface area (Å²) >= 11 is 0. The van der Waals surface area contributed by atoms with E-state index in [1.807, 2.05) is 29.3 Å². The van der Waals surface area contributed by atoms with Gasteiger partial charge in [-0.1, -0.05) is 19.4 Å². The maximum Gasteiger partial charge on any atom is 0.222 e. The van der Waals surface area contributed by atoms with E-state index in [2.05, 4.69) is 26.8 Å². The van der Waals surface area contributed by atoms with Crippen LogP contribution in [0.1, 0.15) is 50.3 Å². The Hall–Kier alpha value is -2.50. The molecule has 4 heterocycles. The van der Waals surface area contributed by atoms with Crippen molar-refractivity contribution >= 4 is 11.7 Å². The molecule has 0 N–H and O–H groups in total. The van der Waals surface area contributed by atoms with Crippen molar-refractivity contribution in [1.82, 2.24) is 19.9 Å². The lowest BCUT2D eigenvalue weighted by Crippen LogP contribution is -2.54. The molecule has 0 aliphatic carbocycles. The maximum atomic E-state index is 12.6. The van der Waals surface area contributed by atoms with Gasteiger partial charge in [-0.25, -0.2) is 9.97 Å². The summed E-state index contributed by atoms with van der Waals surface area (Å²) in [7, 11) is 0. The fourth-order valence-corrected chi connectivity index (χ4v) is 4.74. The quantitative estimate of drug-likeness (QED) is 0.798. The molecule has 28 heavy (non-hydrogen) atoms. The number of anilines is 1. The zero-order chi connectivity index (χ0) is 19.4. The summed E-state index contributed by atoms with van der Waals surface area (Å²) in [6.45, 7) is 5.61. The Morgan fingerprint density at radius 2 is 2.11 bits per heavy atom. The predicted octanol–water partition coefficient (Wildman–Crippen LogP) is 3.23. The van der Waals surface area contributed by atoms with Crippen molar-refractivity contribution < 1.29 is 4.79 Å². The van der Waals surface area contributed by atoms with E-state index < -0.39 is 0 Å². The molecule has 1 amide bonds. The van der Waals surface area contributed by atoms with Crippen molar-refractivity contribution in [3.05, 3.63) is 48.2 Å². The van der Waals surface area contributed by atoms with Crippen LogP contribution in [0, 0.1) is 5.41 Å². The third-order valence-corrected chi connectivity index (χ3v) is 6.07. The summed E-state index contributed by atoms with van der Waals surface area (Å²) in [5, 5.41) is 0. The van der Waals surface area contributed by atoms with Crippen molar-refractivity contribution in [2.45, 2.75) is 52.0 Å². The molecule has 1 unspecified atom stereocenters. The molecule has 6 nitrogen and oxygen atoms in total. The Bertz CT molecular complexity index is 812. The second-order valence-corrected chi connectivity index (χ2v) is 8.22. The fraction of sp³-hybridized carbons (Fsp3) is 0.545. The van der Waals surface area contributed by atoms with E-state index in [-0.39, 0.29) is 11.3 Å². The van der Waals surface area contributed by atoms with Crippen LogP contribution in [0.2, 0.25) is 0 Å². The van der Waals surface area contributed by atoms with Gasteiger partial charge in [0.05, 0.1) is 12.2 Å². The van der Waals surface area contributed by atoms with Crippen LogP contribution >= 0.6 is 0 Å². The summed E-state index contributed by atoms with van der Waals surface area (Å²) in [6, 6.07) is 5.90. The lowest BCUT2D eigenvalue weighted by atomic mass is 9.73. The summed E-state index contributed by atoms with van der Waals surface area (Å²) in [6.07, 6.45) is 11.4. The van der Waals surface area contributed by atoms with Gasteiger partial charge in [0.1, 0.15) is 12.1 Å². The lowest BCUT2D eigenvalue weighted by molar-refractivity contribution is -0.138. The molecule has 0 saturated carbocycles. The lowest BCUT2D eigenvalue weighted by Gasteiger charge is -2.48. The molecule has 148 valence electrons. The predicted molar refractivity (Wildman–Crippen MR) is 109 cm³/mol. The maximum absolute atomic E-state index is 12.6. The minimum absolute atomic E-state index is 0.148. The second kappa shape index (κ2) is 8.25. The topological polar surface area (TPSA) is 62.2 Å². The van der Waals surface area contributed by atoms with E-state index in [0.717, 1.165) is 56.8 Å². The van der Waals surface area contributed by atoms with Crippen LogP contribution in [-0.4, -0.2) is 45.4 Å². The van der Waals surface area contributed by atoms with E-state index in [0.29, 0.717) is 13.0 Å². The number of amides is 1. The zero-order valence-corrected chi connectivity index (χ0v) is 16.7. The Morgan fingerprint density at radius 3 is 2.93 bits per heavy atom. The van der Waals surface area contributed by atoms with Gasteiger partial charge in [0.15, 0.2) is 0 Å². The summed E-state index contributed by atoms with van der Waals surface area (Å²) in [5.74, 6) is 1.34. The third-order valence-electron chi connectivity index (χ3n) is 6.07. The number of aromatic nitrogens is 3. The number of carbonyl (C=O) groups excluding carboxylic acids is 1. The molecule has 2 aromatic rings. The van der Waals surface area contributed by atoms with Gasteiger partial charge < -0.3 is 9.80 Å². The SMILES string of the molecule is CCCc1cncnc1N1CCCC2(CCC(=O)N(Cc3ccccn3)C2)C1. The van der Waals surface area contributed by atoms with Gasteiger partial charge in [-0.3, -0.25) is 9.78 Å². The number of aryl methyl sites for hydroxylation is 1. The Morgan fingerprint density at radius 1 is 1.18 bits per heavy atom. The largest absolute Gasteiger partial charge is 0.356 e. The zero-order valence-electron chi connectivity index (χ0n) is 16.7. The minimum Gasteiger partial charge on any atom is -0.356 e. The first-order valence-electron chi connectivity index (χ1n) is 10.4. The average Bonchev–Trinajstić information content (AvgIpc) is 2.73. The van der Waals surface area contributed by atoms with Crippen LogP contribution in [0.4, 0.5) is 5.82 Å². The number of rotatable bonds is 5. The highest BCUT2D eigenvalue weighted by molar-refractivity contribution is 5.77. The molecule has 4 rings (SSSR count). The normalized spacial score (nSPS) is 22.7. The van der Waals surface area contributed by atoms with E-state index in [4.69, 9.17) is 0 Å². The van der Waals surface area contributed by atoms with Crippen LogP contribution in [0.5, 0.6) is 0 Å². The fourth-order valence-electron chi connectivity index (χ4n) is 4.74. The number of piperidine rings is 2. The number of likely N-dealkylation sites (tertiary alicyclic amines) is 1. The first-order chi connectivity index (χ1) is 13.7. The van der Waals surface area contributed by atoms with Gasteiger partial charge in [-0.05, 0) is 37.8 Å². The number of carbonyl (C=O) groups is 1. The molecule has 0 radical (unpaired) electrons. The van der Waals surface area contributed by atoms with Crippen molar-refractivity contribution in [2.24, 2.45) is 5.41 Å². The van der Waals surface area contributed by atoms with Crippen molar-refractivity contribution in [3.8, 4) is 0 Å². The minimum atomic E-state index is 0.148. The second-order valence-electron chi connectivity index (χ2n) is 8.22. The van der Waals surface area contributed by atoms with Crippen LogP contribution in [0.3, 0.4) is 0 Å². The van der Waals surface area contributed by atoms with Gasteiger partial charge in [0, 0.05) is 49.4 Å². The van der Waals surface area contributed by atoms with Crippen LogP contribution in [0.15, 0.2) is 36.9 Å². The number of hydrogen-bond donors (Lipinski definition) is 0. The Kier molecular flexibility index (Phi) is 5.55. The van der Waals surface area contributed by atoms with Crippen LogP contribution < -0.4 is 4.90 Å². The summed E-state index contributed by atoms with van der Waals surface area (Å²) in [4.78, 5) is 30.3. The van der Waals surface area contributed by atoms with E-state index in [1.54, 1.807) is 12.5 Å². The first kappa shape index (κ1) is 18.8. The molecule has 0 aromatic carbocycles. The molecular weight excluding hydrogens is 350 g/mol. The molecule has 2 saturated heterocycles. The summed E-state index contributed by atoms with van der Waals surface area (Å²) in [5.41, 5.74) is 2.34. The average molecular weight is 380 g/mol. The smallest absolute Gasteiger partial charge is 0.222 e. The Balaban J connectivity index is 1.52. The van der Waals surface area contributed by atoms with E-state index >= 15 is 0 Å². The van der Waals surface area contributed by atoms with Crippen molar-refractivity contribution in [2.75, 3.05) is 24.5 Å². The number of nitrogens with zero attached hydrogens (tertiary/aromatic N) is 5. The molecular formula is C22H29N5O. The third kappa shape index (κ3) is 4.01. The molecule has 6 heteroatoms. The van der Waals surface area contributed by atoms with Crippen molar-refractivity contribution in [3.63, 3.8) is 0 Å². The van der Waals surface area contributed by atoms with E-state index in [1.165, 1.54) is 12.0 Å². The van der Waals surface area contributed by atoms with Crippen molar-refractivity contribution in [1.29, 1.82) is 0 Å². The highest BCUT2D eigenvalue weighted by Crippen LogP contribution is 2.40. The van der Waals surface area contributed by atoms with Gasteiger partial charge in [-0.15, -0.1) is 0 Å². The monoisotopic (exact) mass is 379 g/mol. The standard InChI is InChI=1S/C22H29N5O/c1-2-6-18-13-23-17-25-21(18)26-12-5-9-22(15-26)10-8-20(28)27(16-22)14-19-7-3-4-11-24-19/h3-4,7,11,13,17H,2,5-6,8-10,12,14-16H2,1H3. The highest BCUT2D eigenvalue weighted by atomic mass is 16.2. The van der Waals surface area contributed by atoms with Crippen LogP contribution in [-0.2, 0) is 17.8 Å². The number of pyridine rings is 1.